The van der Waals surface area contributed by atoms with Gasteiger partial charge in [0.25, 0.3) is 11.8 Å². The van der Waals surface area contributed by atoms with E-state index in [1.54, 1.807) is 42.6 Å². The average Bonchev–Trinajstić information content (AvgIpc) is 3.04. The van der Waals surface area contributed by atoms with Crippen molar-refractivity contribution >= 4 is 52.2 Å². The van der Waals surface area contributed by atoms with E-state index in [4.69, 9.17) is 11.6 Å². The number of hydrogen-bond donors (Lipinski definition) is 2. The van der Waals surface area contributed by atoms with Gasteiger partial charge in [-0.25, -0.2) is 9.69 Å². The number of nitrogens with zero attached hydrogens (tertiary/aromatic N) is 1. The van der Waals surface area contributed by atoms with Gasteiger partial charge >= 0.3 is 6.03 Å². The summed E-state index contributed by atoms with van der Waals surface area (Å²) < 4.78 is 0. The smallest absolute Gasteiger partial charge is 0.326 e. The molecule has 1 aliphatic heterocycles. The largest absolute Gasteiger partial charge is 0.329 e. The van der Waals surface area contributed by atoms with Crippen LogP contribution in [0.3, 0.4) is 0 Å². The minimum Gasteiger partial charge on any atom is -0.326 e. The van der Waals surface area contributed by atoms with Gasteiger partial charge in [0.1, 0.15) is 10.9 Å². The highest BCUT2D eigenvalue weighted by molar-refractivity contribution is 7.12. The molecule has 4 amide bonds. The fraction of sp³-hybridized carbons (Fsp3) is 0.133. The van der Waals surface area contributed by atoms with Crippen LogP contribution in [0.4, 0.5) is 16.2 Å². The number of para-hydroxylation sites is 2. The van der Waals surface area contributed by atoms with Crippen LogP contribution in [-0.2, 0) is 4.79 Å². The van der Waals surface area contributed by atoms with E-state index < -0.39 is 18.0 Å². The minimum atomic E-state index is -0.599. The molecule has 3 rings (SSSR count). The lowest BCUT2D eigenvalue weighted by molar-refractivity contribution is -0.117. The molecule has 6 nitrogen and oxygen atoms in total. The predicted molar refractivity (Wildman–Crippen MR) is 89.2 cm³/mol. The molecule has 0 radical (unpaired) electrons. The first-order valence-electron chi connectivity index (χ1n) is 6.77. The summed E-state index contributed by atoms with van der Waals surface area (Å²) in [6.45, 7) is 1.60. The molecule has 8 heteroatoms. The van der Waals surface area contributed by atoms with Crippen LogP contribution >= 0.6 is 22.9 Å². The summed E-state index contributed by atoms with van der Waals surface area (Å²) >= 11 is 7.17. The van der Waals surface area contributed by atoms with Crippen molar-refractivity contribution in [2.75, 3.05) is 10.2 Å². The maximum atomic E-state index is 12.3. The molecule has 1 unspecified atom stereocenters. The van der Waals surface area contributed by atoms with E-state index in [1.165, 1.54) is 11.3 Å². The van der Waals surface area contributed by atoms with Gasteiger partial charge < -0.3 is 10.6 Å². The number of rotatable bonds is 3. The second-order valence-electron chi connectivity index (χ2n) is 4.91. The molecule has 23 heavy (non-hydrogen) atoms. The third-order valence-corrected chi connectivity index (χ3v) is 4.69. The highest BCUT2D eigenvalue weighted by atomic mass is 35.5. The van der Waals surface area contributed by atoms with Gasteiger partial charge in [0.2, 0.25) is 0 Å². The Labute approximate surface area is 141 Å². The van der Waals surface area contributed by atoms with Crippen molar-refractivity contribution in [3.63, 3.8) is 0 Å². The van der Waals surface area contributed by atoms with Gasteiger partial charge in [-0.1, -0.05) is 23.7 Å². The average molecular weight is 350 g/mol. The van der Waals surface area contributed by atoms with Gasteiger partial charge in [0, 0.05) is 0 Å². The zero-order valence-corrected chi connectivity index (χ0v) is 13.6. The molecular formula is C15H12ClN3O3S. The second-order valence-corrected chi connectivity index (χ2v) is 6.24. The molecule has 2 aromatic rings. The van der Waals surface area contributed by atoms with Crippen molar-refractivity contribution in [2.45, 2.75) is 13.0 Å². The molecule has 118 valence electrons. The zero-order chi connectivity index (χ0) is 16.6. The summed E-state index contributed by atoms with van der Waals surface area (Å²) in [6, 6.07) is 7.13. The van der Waals surface area contributed by atoms with E-state index in [-0.39, 0.29) is 5.91 Å². The molecule has 0 aliphatic carbocycles. The Balaban J connectivity index is 1.93. The molecule has 1 atom stereocenters. The number of urea groups is 1. The van der Waals surface area contributed by atoms with Crippen LogP contribution in [0.1, 0.15) is 16.6 Å². The molecule has 0 spiro atoms. The van der Waals surface area contributed by atoms with Crippen LogP contribution in [0.5, 0.6) is 0 Å². The van der Waals surface area contributed by atoms with E-state index >= 15 is 0 Å². The number of nitrogens with one attached hydrogen (secondary N) is 2. The van der Waals surface area contributed by atoms with Gasteiger partial charge in [0.05, 0.1) is 16.4 Å². The molecule has 1 aromatic carbocycles. The van der Waals surface area contributed by atoms with Crippen LogP contribution in [0, 0.1) is 0 Å². The first-order chi connectivity index (χ1) is 11.0. The van der Waals surface area contributed by atoms with Crippen molar-refractivity contribution in [2.24, 2.45) is 0 Å². The lowest BCUT2D eigenvalue weighted by Crippen LogP contribution is -2.32. The van der Waals surface area contributed by atoms with Gasteiger partial charge in [-0.3, -0.25) is 9.59 Å². The van der Waals surface area contributed by atoms with Crippen LogP contribution < -0.4 is 15.5 Å². The summed E-state index contributed by atoms with van der Waals surface area (Å²) in [5.74, 6) is -0.761. The third kappa shape index (κ3) is 2.80. The standard InChI is InChI=1S/C15H12ClN3O3S/c1-8-14(21)19(15(22)17-8)11-5-3-2-4-10(11)18-13(20)12-9(16)6-7-23-12/h2-8H,1H3,(H,17,22)(H,18,20). The number of hydrogen-bond acceptors (Lipinski definition) is 4. The Kier molecular flexibility index (Phi) is 4.06. The number of amides is 4. The number of carbonyl (C=O) groups excluding carboxylic acids is 3. The van der Waals surface area contributed by atoms with E-state index in [9.17, 15) is 14.4 Å². The molecule has 0 saturated carbocycles. The summed E-state index contributed by atoms with van der Waals surface area (Å²) in [5.41, 5.74) is 0.681. The highest BCUT2D eigenvalue weighted by Gasteiger charge is 2.37. The van der Waals surface area contributed by atoms with Crippen molar-refractivity contribution in [3.8, 4) is 0 Å². The van der Waals surface area contributed by atoms with Gasteiger partial charge in [0.15, 0.2) is 0 Å². The van der Waals surface area contributed by atoms with E-state index in [1.807, 2.05) is 0 Å². The van der Waals surface area contributed by atoms with Crippen molar-refractivity contribution in [1.29, 1.82) is 0 Å². The monoisotopic (exact) mass is 349 g/mol. The maximum Gasteiger partial charge on any atom is 0.329 e. The Morgan fingerprint density at radius 2 is 2.04 bits per heavy atom. The summed E-state index contributed by atoms with van der Waals surface area (Å²) in [7, 11) is 0. The van der Waals surface area contributed by atoms with Crippen molar-refractivity contribution in [3.05, 3.63) is 45.6 Å². The van der Waals surface area contributed by atoms with Crippen molar-refractivity contribution in [1.82, 2.24) is 5.32 Å². The third-order valence-electron chi connectivity index (χ3n) is 3.35. The number of thiophene rings is 1. The number of anilines is 2. The molecule has 1 aromatic heterocycles. The number of halogens is 1. The normalized spacial score (nSPS) is 17.3. The summed E-state index contributed by atoms with van der Waals surface area (Å²) in [4.78, 5) is 37.8. The number of carbonyl (C=O) groups is 3. The quantitative estimate of drug-likeness (QED) is 0.836. The van der Waals surface area contributed by atoms with Gasteiger partial charge in [-0.05, 0) is 30.5 Å². The Hall–Kier alpha value is -2.38. The van der Waals surface area contributed by atoms with Crippen LogP contribution in [0.2, 0.25) is 5.02 Å². The molecule has 1 fully saturated rings. The van der Waals surface area contributed by atoms with Gasteiger partial charge in [-0.15, -0.1) is 11.3 Å². The second kappa shape index (κ2) is 6.02. The molecule has 2 N–H and O–H groups in total. The Morgan fingerprint density at radius 3 is 2.65 bits per heavy atom. The summed E-state index contributed by atoms with van der Waals surface area (Å²) in [6.07, 6.45) is 0. The zero-order valence-electron chi connectivity index (χ0n) is 12.0. The predicted octanol–water partition coefficient (Wildman–Crippen LogP) is 3.10. The first-order valence-corrected chi connectivity index (χ1v) is 8.02. The molecular weight excluding hydrogens is 338 g/mol. The number of benzene rings is 1. The van der Waals surface area contributed by atoms with Crippen LogP contribution in [0.25, 0.3) is 0 Å². The van der Waals surface area contributed by atoms with E-state index in [2.05, 4.69) is 10.6 Å². The summed E-state index contributed by atoms with van der Waals surface area (Å²) in [5, 5.41) is 7.30. The lowest BCUT2D eigenvalue weighted by atomic mass is 10.2. The lowest BCUT2D eigenvalue weighted by Gasteiger charge is -2.17. The Morgan fingerprint density at radius 1 is 1.30 bits per heavy atom. The molecule has 1 aliphatic rings. The fourth-order valence-corrected chi connectivity index (χ4v) is 3.28. The molecule has 2 heterocycles. The van der Waals surface area contributed by atoms with Crippen molar-refractivity contribution < 1.29 is 14.4 Å². The molecule has 1 saturated heterocycles. The topological polar surface area (TPSA) is 78.5 Å². The van der Waals surface area contributed by atoms with Crippen LogP contribution in [-0.4, -0.2) is 23.9 Å². The Bertz CT molecular complexity index is 805. The van der Waals surface area contributed by atoms with Crippen LogP contribution in [0.15, 0.2) is 35.7 Å². The molecule has 0 bridgehead atoms. The minimum absolute atomic E-state index is 0.320. The SMILES string of the molecule is CC1NC(=O)N(c2ccccc2NC(=O)c2sccc2Cl)C1=O. The van der Waals surface area contributed by atoms with E-state index in [0.29, 0.717) is 21.3 Å². The fourth-order valence-electron chi connectivity index (χ4n) is 2.24. The maximum absolute atomic E-state index is 12.3. The number of imide groups is 1. The van der Waals surface area contributed by atoms with E-state index in [0.717, 1.165) is 4.90 Å². The first kappa shape index (κ1) is 15.5. The van der Waals surface area contributed by atoms with Gasteiger partial charge in [-0.2, -0.15) is 0 Å². The highest BCUT2D eigenvalue weighted by Crippen LogP contribution is 2.30.